The number of methoxy groups -OCH3 is 2. The Morgan fingerprint density at radius 1 is 1.08 bits per heavy atom. The SMILES string of the molecule is COc1ccc(Cl)c(OC)c1C(=O)N1CCCN1C(=O)c1ccoc1. The number of hydrogen-bond donors (Lipinski definition) is 0. The van der Waals surface area contributed by atoms with Crippen molar-refractivity contribution >= 4 is 23.4 Å². The molecule has 1 aliphatic heterocycles. The van der Waals surface area contributed by atoms with Gasteiger partial charge in [0.25, 0.3) is 11.8 Å². The largest absolute Gasteiger partial charge is 0.496 e. The number of hydrazine groups is 1. The van der Waals surface area contributed by atoms with Crippen molar-refractivity contribution in [2.75, 3.05) is 27.3 Å². The topological polar surface area (TPSA) is 72.2 Å². The van der Waals surface area contributed by atoms with Gasteiger partial charge in [0.1, 0.15) is 17.6 Å². The highest BCUT2D eigenvalue weighted by Gasteiger charge is 2.35. The minimum absolute atomic E-state index is 0.185. The van der Waals surface area contributed by atoms with Crippen LogP contribution in [0.2, 0.25) is 5.02 Å². The number of halogens is 1. The highest BCUT2D eigenvalue weighted by atomic mass is 35.5. The van der Waals surface area contributed by atoms with E-state index in [-0.39, 0.29) is 17.2 Å². The van der Waals surface area contributed by atoms with E-state index in [9.17, 15) is 9.59 Å². The molecule has 2 aromatic rings. The van der Waals surface area contributed by atoms with E-state index in [4.69, 9.17) is 25.5 Å². The summed E-state index contributed by atoms with van der Waals surface area (Å²) in [5.74, 6) is -0.174. The van der Waals surface area contributed by atoms with Crippen molar-refractivity contribution in [2.45, 2.75) is 6.42 Å². The zero-order valence-electron chi connectivity index (χ0n) is 13.8. The van der Waals surface area contributed by atoms with Gasteiger partial charge in [0.2, 0.25) is 0 Å². The molecular formula is C17H17ClN2O5. The quantitative estimate of drug-likeness (QED) is 0.834. The van der Waals surface area contributed by atoms with Crippen LogP contribution in [0.5, 0.6) is 11.5 Å². The van der Waals surface area contributed by atoms with Gasteiger partial charge in [-0.15, -0.1) is 0 Å². The Balaban J connectivity index is 1.97. The molecule has 8 heteroatoms. The van der Waals surface area contributed by atoms with Crippen LogP contribution < -0.4 is 9.47 Å². The molecule has 1 aromatic carbocycles. The highest BCUT2D eigenvalue weighted by molar-refractivity contribution is 6.32. The highest BCUT2D eigenvalue weighted by Crippen LogP contribution is 2.37. The molecule has 2 heterocycles. The third-order valence-electron chi connectivity index (χ3n) is 3.98. The summed E-state index contributed by atoms with van der Waals surface area (Å²) < 4.78 is 15.5. The van der Waals surface area contributed by atoms with Crippen LogP contribution in [0.1, 0.15) is 27.1 Å². The molecule has 3 rings (SSSR count). The number of rotatable bonds is 4. The number of benzene rings is 1. The molecule has 0 spiro atoms. The van der Waals surface area contributed by atoms with Crippen LogP contribution in [0.4, 0.5) is 0 Å². The van der Waals surface area contributed by atoms with Gasteiger partial charge in [-0.05, 0) is 24.6 Å². The number of ether oxygens (including phenoxy) is 2. The van der Waals surface area contributed by atoms with E-state index >= 15 is 0 Å². The van der Waals surface area contributed by atoms with Gasteiger partial charge in [-0.1, -0.05) is 11.6 Å². The van der Waals surface area contributed by atoms with Crippen LogP contribution in [-0.4, -0.2) is 49.1 Å². The van der Waals surface area contributed by atoms with Gasteiger partial charge >= 0.3 is 0 Å². The molecular weight excluding hydrogens is 348 g/mol. The average Bonchev–Trinajstić information content (AvgIpc) is 3.31. The van der Waals surface area contributed by atoms with Crippen LogP contribution in [0.15, 0.2) is 35.1 Å². The first kappa shape index (κ1) is 17.2. The van der Waals surface area contributed by atoms with Crippen molar-refractivity contribution in [3.8, 4) is 11.5 Å². The van der Waals surface area contributed by atoms with Gasteiger partial charge in [-0.25, -0.2) is 10.0 Å². The number of hydrogen-bond acceptors (Lipinski definition) is 5. The number of nitrogens with zero attached hydrogens (tertiary/aromatic N) is 2. The molecule has 25 heavy (non-hydrogen) atoms. The maximum absolute atomic E-state index is 13.1. The third kappa shape index (κ3) is 3.02. The second-order valence-electron chi connectivity index (χ2n) is 5.38. The van der Waals surface area contributed by atoms with Crippen LogP contribution in [-0.2, 0) is 0 Å². The maximum Gasteiger partial charge on any atom is 0.280 e. The zero-order chi connectivity index (χ0) is 18.0. The number of carbonyl (C=O) groups is 2. The fourth-order valence-corrected chi connectivity index (χ4v) is 3.04. The first-order valence-corrected chi connectivity index (χ1v) is 8.02. The van der Waals surface area contributed by atoms with E-state index < -0.39 is 5.91 Å². The van der Waals surface area contributed by atoms with Gasteiger partial charge in [0.15, 0.2) is 5.75 Å². The smallest absolute Gasteiger partial charge is 0.280 e. The molecule has 1 aliphatic rings. The molecule has 0 N–H and O–H groups in total. The molecule has 0 atom stereocenters. The molecule has 0 unspecified atom stereocenters. The summed E-state index contributed by atoms with van der Waals surface area (Å²) in [6.45, 7) is 0.836. The summed E-state index contributed by atoms with van der Waals surface area (Å²) in [7, 11) is 2.88. The van der Waals surface area contributed by atoms with E-state index in [1.54, 1.807) is 18.2 Å². The Morgan fingerprint density at radius 2 is 1.80 bits per heavy atom. The van der Waals surface area contributed by atoms with Crippen LogP contribution in [0.25, 0.3) is 0 Å². The fraction of sp³-hybridized carbons (Fsp3) is 0.294. The Kier molecular flexibility index (Phi) is 4.85. The van der Waals surface area contributed by atoms with E-state index in [0.29, 0.717) is 35.8 Å². The van der Waals surface area contributed by atoms with E-state index in [1.807, 2.05) is 0 Å². The van der Waals surface area contributed by atoms with Crippen molar-refractivity contribution in [3.05, 3.63) is 46.9 Å². The van der Waals surface area contributed by atoms with Gasteiger partial charge in [-0.3, -0.25) is 9.59 Å². The molecule has 0 saturated carbocycles. The van der Waals surface area contributed by atoms with Crippen molar-refractivity contribution < 1.29 is 23.5 Å². The molecule has 7 nitrogen and oxygen atoms in total. The van der Waals surface area contributed by atoms with Crippen molar-refractivity contribution in [1.29, 1.82) is 0 Å². The molecule has 0 bridgehead atoms. The number of furan rings is 1. The molecule has 0 radical (unpaired) electrons. The molecule has 1 saturated heterocycles. The summed E-state index contributed by atoms with van der Waals surface area (Å²) in [6, 6.07) is 4.74. The van der Waals surface area contributed by atoms with E-state index in [1.165, 1.54) is 36.8 Å². The monoisotopic (exact) mass is 364 g/mol. The molecule has 1 fully saturated rings. The summed E-state index contributed by atoms with van der Waals surface area (Å²) in [5.41, 5.74) is 0.564. The maximum atomic E-state index is 13.1. The summed E-state index contributed by atoms with van der Waals surface area (Å²) in [6.07, 6.45) is 3.43. The Labute approximate surface area is 149 Å². The van der Waals surface area contributed by atoms with Gasteiger partial charge in [0.05, 0.1) is 31.1 Å². The summed E-state index contributed by atoms with van der Waals surface area (Å²) in [4.78, 5) is 25.7. The summed E-state index contributed by atoms with van der Waals surface area (Å²) >= 11 is 6.15. The van der Waals surface area contributed by atoms with E-state index in [2.05, 4.69) is 0 Å². The normalized spacial score (nSPS) is 13.9. The van der Waals surface area contributed by atoms with Crippen LogP contribution >= 0.6 is 11.6 Å². The van der Waals surface area contributed by atoms with Crippen molar-refractivity contribution in [2.24, 2.45) is 0 Å². The average molecular weight is 365 g/mol. The van der Waals surface area contributed by atoms with E-state index in [0.717, 1.165) is 0 Å². The van der Waals surface area contributed by atoms with Crippen molar-refractivity contribution in [1.82, 2.24) is 10.0 Å². The number of carbonyl (C=O) groups excluding carboxylic acids is 2. The minimum atomic E-state index is -0.412. The van der Waals surface area contributed by atoms with Crippen molar-refractivity contribution in [3.63, 3.8) is 0 Å². The Morgan fingerprint density at radius 3 is 2.40 bits per heavy atom. The van der Waals surface area contributed by atoms with Crippen LogP contribution in [0, 0.1) is 0 Å². The first-order valence-electron chi connectivity index (χ1n) is 7.64. The minimum Gasteiger partial charge on any atom is -0.496 e. The lowest BCUT2D eigenvalue weighted by Crippen LogP contribution is -2.45. The Bertz CT molecular complexity index is 791. The Hall–Kier alpha value is -2.67. The lowest BCUT2D eigenvalue weighted by molar-refractivity contribution is 0.0181. The summed E-state index contributed by atoms with van der Waals surface area (Å²) in [5, 5.41) is 3.07. The first-order chi connectivity index (χ1) is 12.1. The molecule has 0 aliphatic carbocycles. The number of amides is 2. The predicted molar refractivity (Wildman–Crippen MR) is 90.0 cm³/mol. The van der Waals surface area contributed by atoms with Gasteiger partial charge in [0, 0.05) is 13.1 Å². The third-order valence-corrected chi connectivity index (χ3v) is 4.28. The molecule has 1 aromatic heterocycles. The second kappa shape index (κ2) is 7.06. The van der Waals surface area contributed by atoms with Gasteiger partial charge in [-0.2, -0.15) is 0 Å². The second-order valence-corrected chi connectivity index (χ2v) is 5.79. The van der Waals surface area contributed by atoms with Gasteiger partial charge < -0.3 is 13.9 Å². The lowest BCUT2D eigenvalue weighted by atomic mass is 10.1. The standard InChI is InChI=1S/C17H17ClN2O5/c1-23-13-5-4-12(18)15(24-2)14(13)17(22)20-8-3-7-19(20)16(21)11-6-9-25-10-11/h4-6,9-10H,3,7-8H2,1-2H3. The van der Waals surface area contributed by atoms with Crippen LogP contribution in [0.3, 0.4) is 0 Å². The lowest BCUT2D eigenvalue weighted by Gasteiger charge is -2.28. The molecule has 2 amide bonds. The fourth-order valence-electron chi connectivity index (χ4n) is 2.81. The predicted octanol–water partition coefficient (Wildman–Crippen LogP) is 2.85. The zero-order valence-corrected chi connectivity index (χ0v) is 14.6. The molecule has 132 valence electrons.